The number of aromatic nitrogens is 1. The van der Waals surface area contributed by atoms with Crippen LogP contribution in [0.25, 0.3) is 11.1 Å². The van der Waals surface area contributed by atoms with Crippen LogP contribution in [0.5, 0.6) is 5.75 Å². The van der Waals surface area contributed by atoms with E-state index in [-0.39, 0.29) is 11.5 Å². The van der Waals surface area contributed by atoms with E-state index in [0.29, 0.717) is 10.1 Å². The number of carbonyl (C=O) groups is 2. The van der Waals surface area contributed by atoms with Crippen molar-refractivity contribution >= 4 is 35.0 Å². The van der Waals surface area contributed by atoms with Crippen molar-refractivity contribution in [3.63, 3.8) is 0 Å². The van der Waals surface area contributed by atoms with E-state index in [9.17, 15) is 32.3 Å². The molecule has 0 radical (unpaired) electrons. The van der Waals surface area contributed by atoms with E-state index < -0.39 is 58.8 Å². The van der Waals surface area contributed by atoms with Gasteiger partial charge in [-0.05, 0) is 75.6 Å². The summed E-state index contributed by atoms with van der Waals surface area (Å²) in [4.78, 5) is 30.9. The average Bonchev–Trinajstić information content (AvgIpc) is 3.47. The Bertz CT molecular complexity index is 1690. The lowest BCUT2D eigenvalue weighted by Gasteiger charge is -2.33. The highest BCUT2D eigenvalue weighted by molar-refractivity contribution is 8.03. The standard InChI is InChI=1S/C35H35F4NO6S2/c1-32(2,3)46-29(42)33(4,5)48-31-40-27(20-47-31)28(19-44-26-17-13-23(14-18-26)22-11-15-25(36)16-12-22)45-30(43)34(21-41,35(37,38)39)24-9-7-6-8-10-24/h6-18,20,28,41H,19,21H2,1-5H3/t28?,34-/m0/s1. The molecule has 1 unspecified atom stereocenters. The summed E-state index contributed by atoms with van der Waals surface area (Å²) in [5, 5.41) is 11.6. The van der Waals surface area contributed by atoms with Crippen LogP contribution in [0, 0.1) is 5.82 Å². The molecular formula is C35H35F4NO6S2. The van der Waals surface area contributed by atoms with Crippen molar-refractivity contribution in [3.05, 3.63) is 101 Å². The lowest BCUT2D eigenvalue weighted by Crippen LogP contribution is -2.53. The van der Waals surface area contributed by atoms with E-state index in [1.54, 1.807) is 71.0 Å². The SMILES string of the molecule is CC(C)(C)OC(=O)C(C)(C)Sc1nc(C(COc2ccc(-c3ccc(F)cc3)cc2)OC(=O)[C@](CO)(c2ccccc2)C(F)(F)F)cs1. The van der Waals surface area contributed by atoms with Crippen LogP contribution in [0.4, 0.5) is 17.6 Å². The second kappa shape index (κ2) is 14.7. The van der Waals surface area contributed by atoms with Crippen molar-refractivity contribution < 1.29 is 46.5 Å². The number of thioether (sulfide) groups is 1. The van der Waals surface area contributed by atoms with Gasteiger partial charge in [-0.2, -0.15) is 13.2 Å². The Kier molecular flexibility index (Phi) is 11.3. The van der Waals surface area contributed by atoms with Crippen molar-refractivity contribution in [1.29, 1.82) is 0 Å². The molecule has 0 saturated carbocycles. The predicted octanol–water partition coefficient (Wildman–Crippen LogP) is 8.32. The molecule has 48 heavy (non-hydrogen) atoms. The van der Waals surface area contributed by atoms with Gasteiger partial charge in [0.25, 0.3) is 0 Å². The summed E-state index contributed by atoms with van der Waals surface area (Å²) in [6.07, 6.45) is -6.66. The number of nitrogens with zero attached hydrogens (tertiary/aromatic N) is 1. The van der Waals surface area contributed by atoms with E-state index in [1.165, 1.54) is 35.7 Å². The molecule has 0 aliphatic rings. The van der Waals surface area contributed by atoms with Crippen LogP contribution in [0.2, 0.25) is 0 Å². The lowest BCUT2D eigenvalue weighted by atomic mass is 9.80. The van der Waals surface area contributed by atoms with Gasteiger partial charge in [0, 0.05) is 5.38 Å². The number of carbonyl (C=O) groups excluding carboxylic acids is 2. The van der Waals surface area contributed by atoms with Crippen molar-refractivity contribution in [1.82, 2.24) is 4.98 Å². The minimum Gasteiger partial charge on any atom is -0.489 e. The van der Waals surface area contributed by atoms with Gasteiger partial charge in [-0.3, -0.25) is 9.59 Å². The highest BCUT2D eigenvalue weighted by Crippen LogP contribution is 2.44. The average molecular weight is 706 g/mol. The molecule has 0 aliphatic heterocycles. The molecule has 1 aromatic heterocycles. The normalized spacial score (nSPS) is 14.1. The molecule has 0 spiro atoms. The number of alkyl halides is 3. The lowest BCUT2D eigenvalue weighted by molar-refractivity contribution is -0.220. The van der Waals surface area contributed by atoms with Gasteiger partial charge >= 0.3 is 18.1 Å². The first kappa shape index (κ1) is 36.9. The van der Waals surface area contributed by atoms with Crippen LogP contribution in [0.3, 0.4) is 0 Å². The molecule has 0 amide bonds. The molecule has 4 aromatic rings. The van der Waals surface area contributed by atoms with Crippen LogP contribution in [0.15, 0.2) is 88.6 Å². The third-order valence-corrected chi connectivity index (χ3v) is 9.22. The number of aliphatic hydroxyl groups excluding tert-OH is 1. The fraction of sp³-hybridized carbons (Fsp3) is 0.343. The first-order valence-electron chi connectivity index (χ1n) is 14.8. The number of rotatable bonds is 12. The molecule has 0 bridgehead atoms. The largest absolute Gasteiger partial charge is 0.489 e. The highest BCUT2D eigenvalue weighted by atomic mass is 32.2. The maximum atomic E-state index is 14.6. The smallest absolute Gasteiger partial charge is 0.411 e. The van der Waals surface area contributed by atoms with Gasteiger partial charge < -0.3 is 19.3 Å². The zero-order valence-corrected chi connectivity index (χ0v) is 28.5. The number of halogens is 4. The summed E-state index contributed by atoms with van der Waals surface area (Å²) in [5.74, 6) is -2.29. The molecule has 7 nitrogen and oxygen atoms in total. The molecule has 0 aliphatic carbocycles. The Morgan fingerprint density at radius 1 is 0.875 bits per heavy atom. The number of ether oxygens (including phenoxy) is 3. The van der Waals surface area contributed by atoms with Gasteiger partial charge in [0.05, 0.1) is 12.3 Å². The molecule has 0 saturated heterocycles. The van der Waals surface area contributed by atoms with Gasteiger partial charge in [-0.15, -0.1) is 11.3 Å². The number of thiazole rings is 1. The Morgan fingerprint density at radius 3 is 2.00 bits per heavy atom. The predicted molar refractivity (Wildman–Crippen MR) is 175 cm³/mol. The molecule has 2 atom stereocenters. The topological polar surface area (TPSA) is 95.0 Å². The second-order valence-corrected chi connectivity index (χ2v) is 15.0. The molecule has 13 heteroatoms. The summed E-state index contributed by atoms with van der Waals surface area (Å²) in [5.41, 5.74) is -3.00. The van der Waals surface area contributed by atoms with E-state index in [1.807, 2.05) is 0 Å². The van der Waals surface area contributed by atoms with Gasteiger partial charge in [-0.25, -0.2) is 9.37 Å². The first-order valence-corrected chi connectivity index (χ1v) is 16.5. The zero-order valence-electron chi connectivity index (χ0n) is 26.8. The van der Waals surface area contributed by atoms with Crippen molar-refractivity contribution in [2.75, 3.05) is 13.2 Å². The van der Waals surface area contributed by atoms with Crippen LogP contribution in [0.1, 0.15) is 52.0 Å². The molecule has 3 aromatic carbocycles. The fourth-order valence-electron chi connectivity index (χ4n) is 4.46. The maximum Gasteiger partial charge on any atom is 0.411 e. The van der Waals surface area contributed by atoms with Gasteiger partial charge in [0.15, 0.2) is 10.4 Å². The van der Waals surface area contributed by atoms with E-state index in [4.69, 9.17) is 14.2 Å². The first-order chi connectivity index (χ1) is 22.4. The summed E-state index contributed by atoms with van der Waals surface area (Å²) in [6.45, 7) is 6.50. The summed E-state index contributed by atoms with van der Waals surface area (Å²) in [7, 11) is 0. The third kappa shape index (κ3) is 8.74. The number of aliphatic hydroxyl groups is 1. The van der Waals surface area contributed by atoms with Crippen molar-refractivity contribution in [2.24, 2.45) is 0 Å². The maximum absolute atomic E-state index is 14.6. The monoisotopic (exact) mass is 705 g/mol. The van der Waals surface area contributed by atoms with Crippen LogP contribution in [-0.4, -0.2) is 51.8 Å². The summed E-state index contributed by atoms with van der Waals surface area (Å²) >= 11 is 2.19. The number of esters is 2. The fourth-order valence-corrected chi connectivity index (χ4v) is 6.72. The molecule has 4 rings (SSSR count). The summed E-state index contributed by atoms with van der Waals surface area (Å²) in [6, 6.07) is 18.9. The van der Waals surface area contributed by atoms with Crippen molar-refractivity contribution in [3.8, 4) is 16.9 Å². The van der Waals surface area contributed by atoms with Crippen LogP contribution in [-0.2, 0) is 24.5 Å². The van der Waals surface area contributed by atoms with Crippen LogP contribution >= 0.6 is 23.1 Å². The van der Waals surface area contributed by atoms with E-state index in [0.717, 1.165) is 46.4 Å². The molecule has 256 valence electrons. The Hall–Kier alpha value is -3.94. The zero-order chi connectivity index (χ0) is 35.3. The highest BCUT2D eigenvalue weighted by Gasteiger charge is 2.63. The van der Waals surface area contributed by atoms with Crippen LogP contribution < -0.4 is 4.74 Å². The van der Waals surface area contributed by atoms with Gasteiger partial charge in [-0.1, -0.05) is 66.4 Å². The Morgan fingerprint density at radius 2 is 1.46 bits per heavy atom. The second-order valence-electron chi connectivity index (χ2n) is 12.3. The van der Waals surface area contributed by atoms with Gasteiger partial charge in [0.2, 0.25) is 5.41 Å². The van der Waals surface area contributed by atoms with E-state index >= 15 is 0 Å². The minimum absolute atomic E-state index is 0.0841. The number of hydrogen-bond donors (Lipinski definition) is 1. The van der Waals surface area contributed by atoms with Crippen molar-refractivity contribution in [2.45, 2.75) is 67.0 Å². The number of hydrogen-bond acceptors (Lipinski definition) is 9. The Balaban J connectivity index is 1.63. The summed E-state index contributed by atoms with van der Waals surface area (Å²) < 4.78 is 73.4. The molecule has 1 heterocycles. The van der Waals surface area contributed by atoms with E-state index in [2.05, 4.69) is 4.98 Å². The van der Waals surface area contributed by atoms with Gasteiger partial charge in [0.1, 0.15) is 28.5 Å². The Labute approximate surface area is 284 Å². The molecule has 0 fully saturated rings. The molecular weight excluding hydrogens is 671 g/mol. The quantitative estimate of drug-likeness (QED) is 0.0894. The minimum atomic E-state index is -5.22. The molecule has 1 N–H and O–H groups in total. The third-order valence-electron chi connectivity index (χ3n) is 7.08. The number of benzene rings is 3.